The molecule has 0 fully saturated rings. The largest absolute Gasteiger partial charge is 0.384 e. The first-order chi connectivity index (χ1) is 36.3. The number of nitrogens with two attached hydrogens (primary N) is 2. The first-order valence-electron chi connectivity index (χ1n) is 21.8. The van der Waals surface area contributed by atoms with Gasteiger partial charge in [0.1, 0.15) is 103 Å². The van der Waals surface area contributed by atoms with Gasteiger partial charge in [0.2, 0.25) is 0 Å². The second-order valence-corrected chi connectivity index (χ2v) is 17.1. The van der Waals surface area contributed by atoms with Crippen LogP contribution in [0.15, 0.2) is 143 Å². The van der Waals surface area contributed by atoms with Crippen molar-refractivity contribution in [1.82, 2.24) is 44.7 Å². The average Bonchev–Trinajstić information content (AvgIpc) is 3.99. The molecule has 0 spiro atoms. The number of nitrogens with one attached hydrogen (secondary N) is 4. The van der Waals surface area contributed by atoms with Crippen LogP contribution in [0.25, 0.3) is 0 Å². The van der Waals surface area contributed by atoms with Gasteiger partial charge in [0.05, 0.1) is 0 Å². The Balaban J connectivity index is 0.000000169. The number of Topliss-reactive ketones (excluding diaryl/α,β-unsaturated/α-hetero) is 1. The Morgan fingerprint density at radius 2 is 1.05 bits per heavy atom. The zero-order valence-electron chi connectivity index (χ0n) is 39.8. The lowest BCUT2D eigenvalue weighted by atomic mass is 10.0. The number of hydrogen-bond donors (Lipinski definition) is 6. The molecule has 3 amide bonds. The summed E-state index contributed by atoms with van der Waals surface area (Å²) in [4.78, 5) is 98.7. The number of carbonyl (C=O) groups excluding carboxylic acids is 4. The van der Waals surface area contributed by atoms with Crippen LogP contribution in [0.3, 0.4) is 0 Å². The molecule has 2 atom stereocenters. The number of pyridine rings is 3. The van der Waals surface area contributed by atoms with Crippen molar-refractivity contribution in [3.63, 3.8) is 0 Å². The van der Waals surface area contributed by atoms with Crippen LogP contribution in [0.4, 0.5) is 43.7 Å². The van der Waals surface area contributed by atoms with Crippen molar-refractivity contribution in [2.75, 3.05) is 11.1 Å². The first-order valence-corrected chi connectivity index (χ1v) is 22.5. The van der Waals surface area contributed by atoms with Gasteiger partial charge < -0.3 is 32.4 Å². The summed E-state index contributed by atoms with van der Waals surface area (Å²) in [5.74, 6) is -5.84. The van der Waals surface area contributed by atoms with Gasteiger partial charge in [-0.2, -0.15) is 0 Å². The van der Waals surface area contributed by atoms with Crippen molar-refractivity contribution in [3.8, 4) is 0 Å². The molecule has 7 heterocycles. The molecule has 0 radical (unpaired) electrons. The Morgan fingerprint density at radius 1 is 0.597 bits per heavy atom. The van der Waals surface area contributed by atoms with Gasteiger partial charge >= 0.3 is 0 Å². The van der Waals surface area contributed by atoms with E-state index in [1.807, 2.05) is 0 Å². The van der Waals surface area contributed by atoms with Gasteiger partial charge in [0.15, 0.2) is 5.78 Å². The molecule has 27 heteroatoms. The molecule has 77 heavy (non-hydrogen) atoms. The van der Waals surface area contributed by atoms with Crippen LogP contribution in [-0.2, 0) is 11.3 Å². The summed E-state index contributed by atoms with van der Waals surface area (Å²) in [5.41, 5.74) is 6.21. The molecule has 5 aromatic heterocycles. The predicted molar refractivity (Wildman–Crippen MR) is 268 cm³/mol. The van der Waals surface area contributed by atoms with Gasteiger partial charge in [-0.25, -0.2) is 46.3 Å². The van der Waals surface area contributed by atoms with E-state index in [0.717, 1.165) is 53.1 Å². The van der Waals surface area contributed by atoms with E-state index >= 15 is 0 Å². The van der Waals surface area contributed by atoms with E-state index in [9.17, 15) is 59.9 Å². The summed E-state index contributed by atoms with van der Waals surface area (Å²) < 4.78 is 81.4. The number of nitrogens with zero attached hydrogens (tertiary/aromatic N) is 6. The molecule has 8 N–H and O–H groups in total. The highest BCUT2D eigenvalue weighted by molar-refractivity contribution is 6.30. The minimum atomic E-state index is -1.45. The lowest BCUT2D eigenvalue weighted by molar-refractivity contribution is 0.0932. The van der Waals surface area contributed by atoms with E-state index in [0.29, 0.717) is 17.7 Å². The standard InChI is InChI=1S/C18H13F2N5O2.C14H9ClF2N2O2.C8H6F2O.C6H5ClN2O2.C4H5N3/c1-18(10-6-11(19)8-12(20)7-10)24-16(26)14-3-2-13(17(27)25(14)18)23-15-4-5-21-9-22-15;1-14(7-4-8(16)6-9(17)5-7)18-12(20)11-3-2-10(15)13(21)19(11)14;1-5(11)6-2-7(9)4-8(10)3-6;7-3-1-2-4(5(8)10)9-6(3)11;5-4-1-2-6-3-7-4/h2-9H,1H3,(H,24,26)(H,21,22,23);2-6H,1H3,(H,18,20);2-4H,1H3;1-2H,(H2,8,10)(H,9,11);1-3H,(H2,5,6,7). The third-order valence-corrected chi connectivity index (χ3v) is 11.5. The maximum absolute atomic E-state index is 13.7. The molecule has 0 saturated heterocycles. The SMILES string of the molecule is CC(=O)c1cc(F)cc(F)c1.CC1(c2cc(F)cc(F)c2)NC(=O)c2ccc(Cl)c(=O)n21.CC1(c2cc(F)cc(F)c2)NC(=O)c2ccc(Nc3ccncn3)c(=O)n21.NC(=O)c1ccc(Cl)c(=O)[nH]1.Nc1ccncn1. The predicted octanol–water partition coefficient (Wildman–Crippen LogP) is 6.72. The number of benzene rings is 3. The third kappa shape index (κ3) is 13.4. The Kier molecular flexibility index (Phi) is 17.6. The maximum atomic E-state index is 13.7. The van der Waals surface area contributed by atoms with Crippen molar-refractivity contribution in [1.29, 1.82) is 0 Å². The summed E-state index contributed by atoms with van der Waals surface area (Å²) in [6, 6.07) is 20.0. The average molecular weight is 1100 g/mol. The first kappa shape index (κ1) is 56.8. The zero-order valence-corrected chi connectivity index (χ0v) is 41.4. The normalized spacial score (nSPS) is 15.4. The van der Waals surface area contributed by atoms with Crippen LogP contribution >= 0.6 is 23.2 Å². The number of carbonyl (C=O) groups is 4. The highest BCUT2D eigenvalue weighted by atomic mass is 35.5. The van der Waals surface area contributed by atoms with E-state index in [4.69, 9.17) is 34.7 Å². The molecule has 19 nitrogen and oxygen atoms in total. The lowest BCUT2D eigenvalue weighted by Gasteiger charge is -2.28. The monoisotopic (exact) mass is 1100 g/mol. The van der Waals surface area contributed by atoms with E-state index in [-0.39, 0.29) is 55.3 Å². The van der Waals surface area contributed by atoms with Gasteiger partial charge in [0.25, 0.3) is 34.4 Å². The second kappa shape index (κ2) is 23.8. The van der Waals surface area contributed by atoms with Gasteiger partial charge in [-0.15, -0.1) is 0 Å². The number of amides is 3. The van der Waals surface area contributed by atoms with Crippen LogP contribution in [0.2, 0.25) is 10.0 Å². The second-order valence-electron chi connectivity index (χ2n) is 16.3. The molecule has 396 valence electrons. The number of aromatic amines is 1. The van der Waals surface area contributed by atoms with Crippen molar-refractivity contribution in [2.24, 2.45) is 5.73 Å². The summed E-state index contributed by atoms with van der Waals surface area (Å²) in [7, 11) is 0. The fourth-order valence-electron chi connectivity index (χ4n) is 7.30. The van der Waals surface area contributed by atoms with Crippen molar-refractivity contribution < 1.29 is 45.5 Å². The molecule has 10 rings (SSSR count). The minimum Gasteiger partial charge on any atom is -0.384 e. The molecule has 0 bridgehead atoms. The number of rotatable bonds is 6. The number of primary amides is 1. The minimum absolute atomic E-state index is 0.0370. The summed E-state index contributed by atoms with van der Waals surface area (Å²) in [6.07, 6.45) is 5.83. The Labute approximate surface area is 439 Å². The van der Waals surface area contributed by atoms with E-state index in [2.05, 4.69) is 40.9 Å². The fraction of sp³-hybridized carbons (Fsp3) is 0.100. The number of H-pyrrole nitrogens is 1. The number of halogens is 8. The smallest absolute Gasteiger partial charge is 0.277 e. The molecular weight excluding hydrogens is 1070 g/mol. The Hall–Kier alpha value is -9.49. The third-order valence-electron chi connectivity index (χ3n) is 10.9. The van der Waals surface area contributed by atoms with Gasteiger partial charge in [-0.1, -0.05) is 23.2 Å². The lowest BCUT2D eigenvalue weighted by Crippen LogP contribution is -2.46. The number of hydrogen-bond acceptors (Lipinski definition) is 13. The van der Waals surface area contributed by atoms with E-state index < -0.39 is 80.6 Å². The number of fused-ring (bicyclic) bond motifs is 2. The van der Waals surface area contributed by atoms with E-state index in [1.165, 1.54) is 80.6 Å². The van der Waals surface area contributed by atoms with Gasteiger partial charge in [-0.05, 0) is 106 Å². The van der Waals surface area contributed by atoms with E-state index in [1.54, 1.807) is 18.3 Å². The molecule has 2 aliphatic heterocycles. The molecule has 8 aromatic rings. The number of aromatic nitrogens is 7. The number of nitrogen functional groups attached to an aromatic ring is 1. The topological polar surface area (TPSA) is 285 Å². The number of anilines is 3. The van der Waals surface area contributed by atoms with Crippen molar-refractivity contribution >= 4 is 64.0 Å². The van der Waals surface area contributed by atoms with Crippen LogP contribution in [-0.4, -0.2) is 57.6 Å². The van der Waals surface area contributed by atoms with Crippen LogP contribution in [0, 0.1) is 34.9 Å². The quantitative estimate of drug-likeness (QED) is 0.0746. The highest BCUT2D eigenvalue weighted by Gasteiger charge is 2.43. The highest BCUT2D eigenvalue weighted by Crippen LogP contribution is 2.32. The summed E-state index contributed by atoms with van der Waals surface area (Å²) in [6.45, 7) is 4.24. The van der Waals surface area contributed by atoms with Gasteiger partial charge in [-0.3, -0.25) is 42.7 Å². The molecule has 0 aliphatic carbocycles. The Bertz CT molecular complexity index is 3700. The molecular formula is C50H38Cl2F6N12O7. The maximum Gasteiger partial charge on any atom is 0.277 e. The van der Waals surface area contributed by atoms with Crippen LogP contribution in [0.1, 0.15) is 73.7 Å². The molecule has 2 unspecified atom stereocenters. The van der Waals surface area contributed by atoms with Crippen molar-refractivity contribution in [2.45, 2.75) is 32.1 Å². The summed E-state index contributed by atoms with van der Waals surface area (Å²) >= 11 is 11.2. The van der Waals surface area contributed by atoms with Crippen LogP contribution in [0.5, 0.6) is 0 Å². The van der Waals surface area contributed by atoms with Crippen LogP contribution < -0.4 is 44.1 Å². The van der Waals surface area contributed by atoms with Gasteiger partial charge in [0, 0.05) is 47.3 Å². The fourth-order valence-corrected chi connectivity index (χ4v) is 7.56. The Morgan fingerprint density at radius 3 is 1.47 bits per heavy atom. The summed E-state index contributed by atoms with van der Waals surface area (Å²) in [5, 5.41) is 8.01. The number of ketones is 1. The molecule has 3 aromatic carbocycles. The molecule has 2 aliphatic rings. The zero-order chi connectivity index (χ0) is 56.5. The molecule has 0 saturated carbocycles. The van der Waals surface area contributed by atoms with Crippen molar-refractivity contribution in [3.05, 3.63) is 238 Å².